The second-order valence-electron chi connectivity index (χ2n) is 4.26. The van der Waals surface area contributed by atoms with Crippen molar-refractivity contribution in [3.63, 3.8) is 0 Å². The van der Waals surface area contributed by atoms with E-state index in [1.807, 2.05) is 42.1 Å². The zero-order chi connectivity index (χ0) is 13.7. The summed E-state index contributed by atoms with van der Waals surface area (Å²) in [6, 6.07) is 7.56. The van der Waals surface area contributed by atoms with Gasteiger partial charge in [-0.25, -0.2) is 0 Å². The Morgan fingerprint density at radius 2 is 2.11 bits per heavy atom. The highest BCUT2D eigenvalue weighted by atomic mass is 79.9. The molecule has 2 aromatic rings. The molecule has 0 aliphatic carbocycles. The fraction of sp³-hybridized carbons (Fsp3) is 0.357. The van der Waals surface area contributed by atoms with Gasteiger partial charge >= 0.3 is 0 Å². The number of hydrogen-bond donors (Lipinski definition) is 1. The molecule has 5 heteroatoms. The maximum Gasteiger partial charge on any atom is 0.119 e. The molecule has 0 saturated heterocycles. The van der Waals surface area contributed by atoms with Gasteiger partial charge in [0.2, 0.25) is 0 Å². The molecule has 2 rings (SSSR count). The summed E-state index contributed by atoms with van der Waals surface area (Å²) in [5.41, 5.74) is 0.922. The van der Waals surface area contributed by atoms with Crippen LogP contribution in [-0.4, -0.2) is 21.5 Å². The lowest BCUT2D eigenvalue weighted by Gasteiger charge is -2.10. The molecule has 0 aliphatic rings. The van der Waals surface area contributed by atoms with E-state index in [0.29, 0.717) is 19.6 Å². The van der Waals surface area contributed by atoms with Gasteiger partial charge in [0.05, 0.1) is 23.3 Å². The Labute approximate surface area is 121 Å². The molecule has 0 aliphatic heterocycles. The molecule has 4 nitrogen and oxygen atoms in total. The molecule has 1 aromatic carbocycles. The standard InChI is InChI=1S/C14H17BrN2O2/c1-2-14(18)11-3-5-13(6-4-11)19-8-7-17-10-12(15)9-16-17/h3-6,9-10,14,18H,2,7-8H2,1H3. The van der Waals surface area contributed by atoms with Crippen molar-refractivity contribution in [3.8, 4) is 5.75 Å². The van der Waals surface area contributed by atoms with E-state index in [0.717, 1.165) is 15.8 Å². The minimum absolute atomic E-state index is 0.393. The minimum atomic E-state index is -0.393. The first-order valence-corrected chi connectivity index (χ1v) is 7.07. The first-order valence-electron chi connectivity index (χ1n) is 6.28. The van der Waals surface area contributed by atoms with E-state index in [2.05, 4.69) is 21.0 Å². The van der Waals surface area contributed by atoms with Gasteiger partial charge in [0, 0.05) is 6.20 Å². The molecule has 1 N–H and O–H groups in total. The molecule has 1 unspecified atom stereocenters. The first kappa shape index (κ1) is 14.1. The highest BCUT2D eigenvalue weighted by Gasteiger charge is 2.04. The topological polar surface area (TPSA) is 47.3 Å². The summed E-state index contributed by atoms with van der Waals surface area (Å²) in [7, 11) is 0. The molecular weight excluding hydrogens is 308 g/mol. The Morgan fingerprint density at radius 1 is 1.37 bits per heavy atom. The van der Waals surface area contributed by atoms with Crippen LogP contribution in [0.2, 0.25) is 0 Å². The molecule has 19 heavy (non-hydrogen) atoms. The molecular formula is C14H17BrN2O2. The van der Waals surface area contributed by atoms with Crippen molar-refractivity contribution in [1.29, 1.82) is 0 Å². The third-order valence-electron chi connectivity index (χ3n) is 2.84. The fourth-order valence-electron chi connectivity index (χ4n) is 1.74. The molecule has 0 bridgehead atoms. The van der Waals surface area contributed by atoms with Crippen molar-refractivity contribution in [2.24, 2.45) is 0 Å². The van der Waals surface area contributed by atoms with Crippen molar-refractivity contribution in [2.45, 2.75) is 26.0 Å². The lowest BCUT2D eigenvalue weighted by atomic mass is 10.1. The van der Waals surface area contributed by atoms with Crippen LogP contribution in [0.15, 0.2) is 41.1 Å². The summed E-state index contributed by atoms with van der Waals surface area (Å²) >= 11 is 3.35. The Kier molecular flexibility index (Phi) is 4.99. The van der Waals surface area contributed by atoms with Crippen LogP contribution < -0.4 is 4.74 Å². The van der Waals surface area contributed by atoms with Crippen LogP contribution in [0.4, 0.5) is 0 Å². The van der Waals surface area contributed by atoms with Gasteiger partial charge in [-0.05, 0) is 40.0 Å². The van der Waals surface area contributed by atoms with Crippen molar-refractivity contribution in [2.75, 3.05) is 6.61 Å². The zero-order valence-electron chi connectivity index (χ0n) is 10.8. The summed E-state index contributed by atoms with van der Waals surface area (Å²) in [5.74, 6) is 0.804. The van der Waals surface area contributed by atoms with E-state index < -0.39 is 6.10 Å². The number of aliphatic hydroxyl groups is 1. The predicted molar refractivity (Wildman–Crippen MR) is 77.1 cm³/mol. The van der Waals surface area contributed by atoms with Gasteiger partial charge in [-0.3, -0.25) is 4.68 Å². The molecule has 1 heterocycles. The lowest BCUT2D eigenvalue weighted by Crippen LogP contribution is -2.08. The number of aliphatic hydroxyl groups excluding tert-OH is 1. The minimum Gasteiger partial charge on any atom is -0.492 e. The van der Waals surface area contributed by atoms with Crippen molar-refractivity contribution in [3.05, 3.63) is 46.7 Å². The first-order chi connectivity index (χ1) is 9.19. The van der Waals surface area contributed by atoms with Crippen molar-refractivity contribution < 1.29 is 9.84 Å². The maximum atomic E-state index is 9.69. The number of hydrogen-bond acceptors (Lipinski definition) is 3. The molecule has 1 atom stereocenters. The van der Waals surface area contributed by atoms with E-state index in [9.17, 15) is 5.11 Å². The highest BCUT2D eigenvalue weighted by Crippen LogP contribution is 2.19. The molecule has 0 radical (unpaired) electrons. The molecule has 1 aromatic heterocycles. The van der Waals surface area contributed by atoms with Gasteiger partial charge in [0.1, 0.15) is 12.4 Å². The normalized spacial score (nSPS) is 12.4. The van der Waals surface area contributed by atoms with Crippen LogP contribution in [0.25, 0.3) is 0 Å². The number of halogens is 1. The third-order valence-corrected chi connectivity index (χ3v) is 3.25. The van der Waals surface area contributed by atoms with Crippen LogP contribution in [0.1, 0.15) is 25.0 Å². The summed E-state index contributed by atoms with van der Waals surface area (Å²) in [6.45, 7) is 3.21. The third kappa shape index (κ3) is 4.08. The average Bonchev–Trinajstić information content (AvgIpc) is 2.84. The summed E-state index contributed by atoms with van der Waals surface area (Å²) in [4.78, 5) is 0. The van der Waals surface area contributed by atoms with E-state index in [4.69, 9.17) is 4.74 Å². The summed E-state index contributed by atoms with van der Waals surface area (Å²) < 4.78 is 8.41. The average molecular weight is 325 g/mol. The van der Waals surface area contributed by atoms with E-state index >= 15 is 0 Å². The van der Waals surface area contributed by atoms with Crippen LogP contribution >= 0.6 is 15.9 Å². The van der Waals surface area contributed by atoms with Crippen molar-refractivity contribution >= 4 is 15.9 Å². The zero-order valence-corrected chi connectivity index (χ0v) is 12.4. The van der Waals surface area contributed by atoms with Crippen molar-refractivity contribution in [1.82, 2.24) is 9.78 Å². The Morgan fingerprint density at radius 3 is 2.68 bits per heavy atom. The fourth-order valence-corrected chi connectivity index (χ4v) is 2.07. The number of rotatable bonds is 6. The van der Waals surface area contributed by atoms with Gasteiger partial charge in [0.15, 0.2) is 0 Å². The van der Waals surface area contributed by atoms with Crippen LogP contribution in [-0.2, 0) is 6.54 Å². The van der Waals surface area contributed by atoms with Crippen LogP contribution in [0, 0.1) is 0 Å². The maximum absolute atomic E-state index is 9.69. The molecule has 0 fully saturated rings. The number of aromatic nitrogens is 2. The summed E-state index contributed by atoms with van der Waals surface area (Å²) in [6.07, 6.45) is 3.98. The number of nitrogens with zero attached hydrogens (tertiary/aromatic N) is 2. The number of ether oxygens (including phenoxy) is 1. The van der Waals surface area contributed by atoms with Gasteiger partial charge in [0.25, 0.3) is 0 Å². The lowest BCUT2D eigenvalue weighted by molar-refractivity contribution is 0.173. The quantitative estimate of drug-likeness (QED) is 0.887. The molecule has 0 spiro atoms. The molecule has 0 saturated carbocycles. The largest absolute Gasteiger partial charge is 0.492 e. The van der Waals surface area contributed by atoms with Gasteiger partial charge in [-0.2, -0.15) is 5.10 Å². The Balaban J connectivity index is 1.83. The van der Waals surface area contributed by atoms with Gasteiger partial charge in [-0.15, -0.1) is 0 Å². The smallest absolute Gasteiger partial charge is 0.119 e. The van der Waals surface area contributed by atoms with E-state index in [1.54, 1.807) is 6.20 Å². The second kappa shape index (κ2) is 6.73. The summed E-state index contributed by atoms with van der Waals surface area (Å²) in [5, 5.41) is 13.8. The molecule has 0 amide bonds. The Hall–Kier alpha value is -1.33. The van der Waals surface area contributed by atoms with Gasteiger partial charge in [-0.1, -0.05) is 19.1 Å². The predicted octanol–water partition coefficient (Wildman–Crippen LogP) is 3.17. The SMILES string of the molecule is CCC(O)c1ccc(OCCn2cc(Br)cn2)cc1. The second-order valence-corrected chi connectivity index (χ2v) is 5.18. The van der Waals surface area contributed by atoms with E-state index in [1.165, 1.54) is 0 Å². The highest BCUT2D eigenvalue weighted by molar-refractivity contribution is 9.10. The van der Waals surface area contributed by atoms with E-state index in [-0.39, 0.29) is 0 Å². The van der Waals surface area contributed by atoms with Crippen LogP contribution in [0.3, 0.4) is 0 Å². The van der Waals surface area contributed by atoms with Gasteiger partial charge < -0.3 is 9.84 Å². The monoisotopic (exact) mass is 324 g/mol. The molecule has 102 valence electrons. The number of benzene rings is 1. The Bertz CT molecular complexity index is 510. The van der Waals surface area contributed by atoms with Crippen LogP contribution in [0.5, 0.6) is 5.75 Å².